The number of hydrogen-bond acceptors (Lipinski definition) is 4. The van der Waals surface area contributed by atoms with Gasteiger partial charge in [-0.1, -0.05) is 24.9 Å². The minimum absolute atomic E-state index is 0.00745. The Bertz CT molecular complexity index is 1010. The molecule has 2 aromatic rings. The number of thiophene rings is 1. The Labute approximate surface area is 203 Å². The number of likely N-dealkylation sites (tertiary alicyclic amines) is 1. The predicted molar refractivity (Wildman–Crippen MR) is 130 cm³/mol. The molecule has 2 aliphatic heterocycles. The van der Waals surface area contributed by atoms with E-state index in [1.54, 1.807) is 40.5 Å². The average molecular weight is 488 g/mol. The standard InChI is InChI=1S/C25H30ClN3O3S/c1-2-4-21(25(32)29-13-10-22-18(15-29)11-14-33-22)27-23(30)19-5-3-12-28(16-19)24(31)17-6-8-20(26)9-7-17/h6-9,11,14,19,21H,2-5,10,12-13,15-16H2,1H3,(H,27,30). The third-order valence-corrected chi connectivity index (χ3v) is 7.76. The van der Waals surface area contributed by atoms with Crippen molar-refractivity contribution in [2.75, 3.05) is 19.6 Å². The first-order chi connectivity index (χ1) is 16.0. The molecule has 0 aliphatic carbocycles. The van der Waals surface area contributed by atoms with Crippen molar-refractivity contribution in [3.8, 4) is 0 Å². The maximum absolute atomic E-state index is 13.3. The number of piperidine rings is 1. The summed E-state index contributed by atoms with van der Waals surface area (Å²) >= 11 is 7.68. The molecule has 0 bridgehead atoms. The van der Waals surface area contributed by atoms with Crippen LogP contribution in [0.3, 0.4) is 0 Å². The fraction of sp³-hybridized carbons (Fsp3) is 0.480. The lowest BCUT2D eigenvalue weighted by molar-refractivity contribution is -0.138. The maximum atomic E-state index is 13.3. The molecule has 8 heteroatoms. The van der Waals surface area contributed by atoms with E-state index >= 15 is 0 Å². The third kappa shape index (κ3) is 5.58. The van der Waals surface area contributed by atoms with Gasteiger partial charge in [0.1, 0.15) is 6.04 Å². The summed E-state index contributed by atoms with van der Waals surface area (Å²) in [6, 6.07) is 8.38. The molecule has 33 heavy (non-hydrogen) atoms. The number of halogens is 1. The Kier molecular flexibility index (Phi) is 7.71. The Morgan fingerprint density at radius 3 is 2.70 bits per heavy atom. The topological polar surface area (TPSA) is 69.7 Å². The highest BCUT2D eigenvalue weighted by Gasteiger charge is 2.33. The monoisotopic (exact) mass is 487 g/mol. The lowest BCUT2D eigenvalue weighted by Crippen LogP contribution is -2.53. The summed E-state index contributed by atoms with van der Waals surface area (Å²) in [6.07, 6.45) is 3.76. The molecule has 1 fully saturated rings. The van der Waals surface area contributed by atoms with Crippen LogP contribution in [0, 0.1) is 5.92 Å². The van der Waals surface area contributed by atoms with E-state index in [0.29, 0.717) is 49.6 Å². The Morgan fingerprint density at radius 2 is 1.94 bits per heavy atom. The number of rotatable bonds is 6. The van der Waals surface area contributed by atoms with Gasteiger partial charge in [0.05, 0.1) is 5.92 Å². The van der Waals surface area contributed by atoms with Gasteiger partial charge < -0.3 is 15.1 Å². The van der Waals surface area contributed by atoms with Crippen LogP contribution in [0.2, 0.25) is 5.02 Å². The highest BCUT2D eigenvalue weighted by atomic mass is 35.5. The molecule has 2 atom stereocenters. The van der Waals surface area contributed by atoms with E-state index in [9.17, 15) is 14.4 Å². The largest absolute Gasteiger partial charge is 0.344 e. The number of amides is 3. The van der Waals surface area contributed by atoms with E-state index in [4.69, 9.17) is 11.6 Å². The van der Waals surface area contributed by atoms with E-state index in [0.717, 1.165) is 19.3 Å². The maximum Gasteiger partial charge on any atom is 0.253 e. The number of carbonyl (C=O) groups is 3. The quantitative estimate of drug-likeness (QED) is 0.666. The summed E-state index contributed by atoms with van der Waals surface area (Å²) in [5, 5.41) is 5.68. The molecule has 4 rings (SSSR count). The number of nitrogens with zero attached hydrogens (tertiary/aromatic N) is 2. The predicted octanol–water partition coefficient (Wildman–Crippen LogP) is 4.12. The van der Waals surface area contributed by atoms with Gasteiger partial charge >= 0.3 is 0 Å². The van der Waals surface area contributed by atoms with Crippen LogP contribution in [0.1, 0.15) is 53.4 Å². The van der Waals surface area contributed by atoms with Crippen LogP contribution < -0.4 is 5.32 Å². The van der Waals surface area contributed by atoms with Gasteiger partial charge in [0, 0.05) is 41.6 Å². The van der Waals surface area contributed by atoms with E-state index in [2.05, 4.69) is 16.8 Å². The summed E-state index contributed by atoms with van der Waals surface area (Å²) in [4.78, 5) is 44.2. The average Bonchev–Trinajstić information content (AvgIpc) is 3.31. The summed E-state index contributed by atoms with van der Waals surface area (Å²) in [5.41, 5.74) is 1.78. The second-order valence-corrected chi connectivity index (χ2v) is 10.3. The number of nitrogens with one attached hydrogen (secondary N) is 1. The van der Waals surface area contributed by atoms with E-state index in [-0.39, 0.29) is 23.6 Å². The van der Waals surface area contributed by atoms with Gasteiger partial charge in [0.2, 0.25) is 11.8 Å². The lowest BCUT2D eigenvalue weighted by atomic mass is 9.95. The summed E-state index contributed by atoms with van der Waals surface area (Å²) in [5.74, 6) is -0.548. The van der Waals surface area contributed by atoms with Crippen molar-refractivity contribution in [2.24, 2.45) is 5.92 Å². The summed E-state index contributed by atoms with van der Waals surface area (Å²) < 4.78 is 0. The Hall–Kier alpha value is -2.38. The molecule has 1 N–H and O–H groups in total. The highest BCUT2D eigenvalue weighted by molar-refractivity contribution is 7.10. The fourth-order valence-electron chi connectivity index (χ4n) is 4.64. The first-order valence-electron chi connectivity index (χ1n) is 11.7. The second kappa shape index (κ2) is 10.7. The van der Waals surface area contributed by atoms with Gasteiger partial charge in [-0.05, 0) is 67.0 Å². The minimum atomic E-state index is -0.523. The molecule has 0 spiro atoms. The van der Waals surface area contributed by atoms with E-state index in [1.807, 2.05) is 11.8 Å². The van der Waals surface area contributed by atoms with Crippen molar-refractivity contribution < 1.29 is 14.4 Å². The minimum Gasteiger partial charge on any atom is -0.344 e. The third-order valence-electron chi connectivity index (χ3n) is 6.48. The van der Waals surface area contributed by atoms with Crippen LogP contribution in [0.5, 0.6) is 0 Å². The SMILES string of the molecule is CCCC(NC(=O)C1CCCN(C(=O)c2ccc(Cl)cc2)C1)C(=O)N1CCc2sccc2C1. The number of benzene rings is 1. The zero-order valence-corrected chi connectivity index (χ0v) is 20.5. The zero-order valence-electron chi connectivity index (χ0n) is 18.9. The van der Waals surface area contributed by atoms with Crippen molar-refractivity contribution in [3.63, 3.8) is 0 Å². The molecule has 0 saturated carbocycles. The Balaban J connectivity index is 1.38. The van der Waals surface area contributed by atoms with E-state index in [1.165, 1.54) is 10.4 Å². The molecule has 3 amide bonds. The molecule has 1 aromatic heterocycles. The van der Waals surface area contributed by atoms with E-state index < -0.39 is 6.04 Å². The van der Waals surface area contributed by atoms with Crippen LogP contribution >= 0.6 is 22.9 Å². The number of carbonyl (C=O) groups excluding carboxylic acids is 3. The molecule has 1 saturated heterocycles. The molecule has 6 nitrogen and oxygen atoms in total. The van der Waals surface area contributed by atoms with Crippen LogP contribution in [0.15, 0.2) is 35.7 Å². The van der Waals surface area contributed by atoms with Gasteiger partial charge in [0.25, 0.3) is 5.91 Å². The van der Waals surface area contributed by atoms with Gasteiger partial charge in [-0.2, -0.15) is 0 Å². The summed E-state index contributed by atoms with van der Waals surface area (Å²) in [7, 11) is 0. The molecule has 2 unspecified atom stereocenters. The molecular weight excluding hydrogens is 458 g/mol. The molecule has 0 radical (unpaired) electrons. The normalized spacial score (nSPS) is 19.0. The highest BCUT2D eigenvalue weighted by Crippen LogP contribution is 2.25. The van der Waals surface area contributed by atoms with Gasteiger partial charge in [-0.3, -0.25) is 14.4 Å². The molecule has 1 aromatic carbocycles. The van der Waals surface area contributed by atoms with Crippen molar-refractivity contribution in [3.05, 3.63) is 56.7 Å². The van der Waals surface area contributed by atoms with Gasteiger partial charge in [-0.25, -0.2) is 0 Å². The number of hydrogen-bond donors (Lipinski definition) is 1. The smallest absolute Gasteiger partial charge is 0.253 e. The van der Waals surface area contributed by atoms with Crippen LogP contribution in [0.4, 0.5) is 0 Å². The fourth-order valence-corrected chi connectivity index (χ4v) is 5.66. The lowest BCUT2D eigenvalue weighted by Gasteiger charge is -2.34. The van der Waals surface area contributed by atoms with Gasteiger partial charge in [-0.15, -0.1) is 11.3 Å². The van der Waals surface area contributed by atoms with Crippen LogP contribution in [-0.2, 0) is 22.6 Å². The molecular formula is C25H30ClN3O3S. The van der Waals surface area contributed by atoms with Crippen molar-refractivity contribution in [1.29, 1.82) is 0 Å². The van der Waals surface area contributed by atoms with Crippen molar-refractivity contribution in [2.45, 2.75) is 51.6 Å². The van der Waals surface area contributed by atoms with Gasteiger partial charge in [0.15, 0.2) is 0 Å². The zero-order chi connectivity index (χ0) is 23.4. The first-order valence-corrected chi connectivity index (χ1v) is 12.9. The summed E-state index contributed by atoms with van der Waals surface area (Å²) in [6.45, 7) is 4.31. The van der Waals surface area contributed by atoms with Crippen molar-refractivity contribution in [1.82, 2.24) is 15.1 Å². The molecule has 176 valence electrons. The molecule has 2 aliphatic rings. The molecule has 3 heterocycles. The second-order valence-electron chi connectivity index (χ2n) is 8.83. The van der Waals surface area contributed by atoms with Crippen molar-refractivity contribution >= 4 is 40.7 Å². The van der Waals surface area contributed by atoms with Crippen LogP contribution in [0.25, 0.3) is 0 Å². The number of fused-ring (bicyclic) bond motifs is 1. The first kappa shape index (κ1) is 23.8. The van der Waals surface area contributed by atoms with Crippen LogP contribution in [-0.4, -0.2) is 53.2 Å². The Morgan fingerprint density at radius 1 is 1.15 bits per heavy atom.